The molecule has 2 rings (SSSR count). The van der Waals surface area contributed by atoms with Crippen molar-refractivity contribution in [2.75, 3.05) is 39.8 Å². The van der Waals surface area contributed by atoms with Crippen LogP contribution in [0.25, 0.3) is 0 Å². The van der Waals surface area contributed by atoms with Gasteiger partial charge in [0.25, 0.3) is 0 Å². The average Bonchev–Trinajstić information content (AvgIpc) is 2.37. The van der Waals surface area contributed by atoms with E-state index in [0.717, 1.165) is 32.2 Å². The van der Waals surface area contributed by atoms with Crippen molar-refractivity contribution in [3.63, 3.8) is 0 Å². The highest BCUT2D eigenvalue weighted by atomic mass is 19.4. The van der Waals surface area contributed by atoms with Crippen molar-refractivity contribution in [1.82, 2.24) is 9.80 Å². The summed E-state index contributed by atoms with van der Waals surface area (Å²) in [6.07, 6.45) is -2.40. The topological polar surface area (TPSA) is 6.48 Å². The second-order valence-electron chi connectivity index (χ2n) is 4.93. The van der Waals surface area contributed by atoms with Gasteiger partial charge in [-0.2, -0.15) is 13.2 Å². The lowest BCUT2D eigenvalue weighted by Crippen LogP contribution is -2.44. The van der Waals surface area contributed by atoms with Crippen LogP contribution in [0.2, 0.25) is 0 Å². The van der Waals surface area contributed by atoms with Gasteiger partial charge in [0.2, 0.25) is 0 Å². The fraction of sp³-hybridized carbons (Fsp3) is 0.500. The van der Waals surface area contributed by atoms with Crippen molar-refractivity contribution in [3.8, 4) is 0 Å². The smallest absolute Gasteiger partial charge is 0.304 e. The van der Waals surface area contributed by atoms with Crippen LogP contribution in [0.3, 0.4) is 0 Å². The number of alkyl halides is 3. The van der Waals surface area contributed by atoms with Crippen molar-refractivity contribution >= 4 is 0 Å². The fourth-order valence-electron chi connectivity index (χ4n) is 2.11. The van der Waals surface area contributed by atoms with Gasteiger partial charge in [-0.15, -0.1) is 0 Å². The van der Waals surface area contributed by atoms with E-state index in [1.54, 1.807) is 6.07 Å². The summed E-state index contributed by atoms with van der Waals surface area (Å²) in [5.41, 5.74) is 0.0494. The number of rotatable bonds is 3. The molecular weight excluding hydrogens is 253 g/mol. The SMILES string of the molecule is CN1CCN(C[CH]c2cccc(C(F)(F)F)c2)CC1. The Morgan fingerprint density at radius 2 is 1.84 bits per heavy atom. The summed E-state index contributed by atoms with van der Waals surface area (Å²) in [6, 6.07) is 5.48. The predicted octanol–water partition coefficient (Wildman–Crippen LogP) is 2.51. The molecule has 0 atom stereocenters. The van der Waals surface area contributed by atoms with Gasteiger partial charge >= 0.3 is 6.18 Å². The molecule has 0 unspecified atom stereocenters. The second kappa shape index (κ2) is 5.92. The van der Waals surface area contributed by atoms with Crippen molar-refractivity contribution in [3.05, 3.63) is 41.8 Å². The quantitative estimate of drug-likeness (QED) is 0.833. The van der Waals surface area contributed by atoms with Crippen LogP contribution in [-0.2, 0) is 6.18 Å². The fourth-order valence-corrected chi connectivity index (χ4v) is 2.11. The van der Waals surface area contributed by atoms with Gasteiger partial charge in [-0.25, -0.2) is 0 Å². The van der Waals surface area contributed by atoms with E-state index < -0.39 is 11.7 Å². The van der Waals surface area contributed by atoms with Gasteiger partial charge in [0, 0.05) is 39.1 Å². The van der Waals surface area contributed by atoms with Crippen LogP contribution in [0.4, 0.5) is 13.2 Å². The first-order chi connectivity index (χ1) is 8.95. The molecule has 0 saturated carbocycles. The molecular formula is C14H18F3N2. The van der Waals surface area contributed by atoms with Gasteiger partial charge in [-0.05, 0) is 18.7 Å². The lowest BCUT2D eigenvalue weighted by Gasteiger charge is -2.32. The number of likely N-dealkylation sites (N-methyl/N-ethyl adjacent to an activating group) is 1. The number of nitrogens with zero attached hydrogens (tertiary/aromatic N) is 2. The molecule has 19 heavy (non-hydrogen) atoms. The van der Waals surface area contributed by atoms with Crippen LogP contribution >= 0.6 is 0 Å². The maximum absolute atomic E-state index is 12.6. The summed E-state index contributed by atoms with van der Waals surface area (Å²) < 4.78 is 37.7. The molecule has 2 nitrogen and oxygen atoms in total. The summed E-state index contributed by atoms with van der Waals surface area (Å²) in [5.74, 6) is 0. The van der Waals surface area contributed by atoms with E-state index in [4.69, 9.17) is 0 Å². The van der Waals surface area contributed by atoms with Crippen LogP contribution in [-0.4, -0.2) is 49.6 Å². The Morgan fingerprint density at radius 1 is 1.16 bits per heavy atom. The molecule has 0 N–H and O–H groups in total. The highest BCUT2D eigenvalue weighted by Gasteiger charge is 2.30. The molecule has 0 spiro atoms. The van der Waals surface area contributed by atoms with E-state index in [2.05, 4.69) is 16.8 Å². The lowest BCUT2D eigenvalue weighted by atomic mass is 10.1. The number of hydrogen-bond donors (Lipinski definition) is 0. The van der Waals surface area contributed by atoms with Crippen LogP contribution in [0.15, 0.2) is 24.3 Å². The molecule has 1 radical (unpaired) electrons. The lowest BCUT2D eigenvalue weighted by molar-refractivity contribution is -0.137. The molecule has 1 fully saturated rings. The van der Waals surface area contributed by atoms with E-state index in [0.29, 0.717) is 12.1 Å². The van der Waals surface area contributed by atoms with Crippen LogP contribution in [0.1, 0.15) is 11.1 Å². The first-order valence-electron chi connectivity index (χ1n) is 6.36. The van der Waals surface area contributed by atoms with Gasteiger partial charge in [0.1, 0.15) is 0 Å². The van der Waals surface area contributed by atoms with E-state index in [-0.39, 0.29) is 0 Å². The third kappa shape index (κ3) is 4.21. The van der Waals surface area contributed by atoms with Crippen molar-refractivity contribution in [2.45, 2.75) is 6.18 Å². The molecule has 0 aromatic heterocycles. The normalized spacial score (nSPS) is 18.7. The third-order valence-corrected chi connectivity index (χ3v) is 3.40. The van der Waals surface area contributed by atoms with Gasteiger partial charge < -0.3 is 9.80 Å². The van der Waals surface area contributed by atoms with Gasteiger partial charge in [0.05, 0.1) is 5.56 Å². The summed E-state index contributed by atoms with van der Waals surface area (Å²) in [7, 11) is 2.08. The van der Waals surface area contributed by atoms with E-state index in [9.17, 15) is 13.2 Å². The van der Waals surface area contributed by atoms with Crippen molar-refractivity contribution < 1.29 is 13.2 Å². The number of benzene rings is 1. The molecule has 1 aliphatic rings. The van der Waals surface area contributed by atoms with E-state index in [1.807, 2.05) is 6.42 Å². The molecule has 1 saturated heterocycles. The minimum Gasteiger partial charge on any atom is -0.304 e. The molecule has 1 aliphatic heterocycles. The van der Waals surface area contributed by atoms with Crippen LogP contribution in [0.5, 0.6) is 0 Å². The summed E-state index contributed by atoms with van der Waals surface area (Å²) in [5, 5.41) is 0. The monoisotopic (exact) mass is 271 g/mol. The van der Waals surface area contributed by atoms with Gasteiger partial charge in [0.15, 0.2) is 0 Å². The minimum atomic E-state index is -4.27. The third-order valence-electron chi connectivity index (χ3n) is 3.40. The Kier molecular flexibility index (Phi) is 4.47. The molecule has 0 amide bonds. The number of hydrogen-bond acceptors (Lipinski definition) is 2. The maximum Gasteiger partial charge on any atom is 0.416 e. The van der Waals surface area contributed by atoms with Crippen molar-refractivity contribution in [2.24, 2.45) is 0 Å². The van der Waals surface area contributed by atoms with E-state index >= 15 is 0 Å². The van der Waals surface area contributed by atoms with Gasteiger partial charge in [-0.1, -0.05) is 18.2 Å². The highest BCUT2D eigenvalue weighted by molar-refractivity contribution is 5.30. The van der Waals surface area contributed by atoms with Gasteiger partial charge in [-0.3, -0.25) is 0 Å². The van der Waals surface area contributed by atoms with Crippen LogP contribution in [0, 0.1) is 6.42 Å². The number of halogens is 3. The minimum absolute atomic E-state index is 0.584. The Bertz CT molecular complexity index is 409. The zero-order chi connectivity index (χ0) is 13.9. The Balaban J connectivity index is 1.89. The Morgan fingerprint density at radius 3 is 2.47 bits per heavy atom. The molecule has 5 heteroatoms. The first-order valence-corrected chi connectivity index (χ1v) is 6.36. The molecule has 105 valence electrons. The summed E-state index contributed by atoms with van der Waals surface area (Å²) >= 11 is 0. The Labute approximate surface area is 111 Å². The highest BCUT2D eigenvalue weighted by Crippen LogP contribution is 2.29. The zero-order valence-electron chi connectivity index (χ0n) is 11.0. The maximum atomic E-state index is 12.6. The van der Waals surface area contributed by atoms with Crippen LogP contribution < -0.4 is 0 Å². The zero-order valence-corrected chi connectivity index (χ0v) is 11.0. The molecule has 0 aliphatic carbocycles. The summed E-state index contributed by atoms with van der Waals surface area (Å²) in [6.45, 7) is 4.65. The predicted molar refractivity (Wildman–Crippen MR) is 68.8 cm³/mol. The molecule has 1 heterocycles. The standard InChI is InChI=1S/C14H18F3N2/c1-18-7-9-19(10-8-18)6-5-12-3-2-4-13(11-12)14(15,16)17/h2-5,11H,6-10H2,1H3. The molecule has 0 bridgehead atoms. The Hall–Kier alpha value is -1.07. The molecule has 1 aromatic carbocycles. The number of piperazine rings is 1. The first kappa shape index (κ1) is 14.3. The van der Waals surface area contributed by atoms with Crippen molar-refractivity contribution in [1.29, 1.82) is 0 Å². The summed E-state index contributed by atoms with van der Waals surface area (Å²) in [4.78, 5) is 4.50. The second-order valence-corrected chi connectivity index (χ2v) is 4.93. The van der Waals surface area contributed by atoms with E-state index in [1.165, 1.54) is 12.1 Å². The largest absolute Gasteiger partial charge is 0.416 e. The molecule has 1 aromatic rings. The average molecular weight is 271 g/mol.